The third kappa shape index (κ3) is 6.04. The highest BCUT2D eigenvalue weighted by atomic mass is 16.4. The van der Waals surface area contributed by atoms with Gasteiger partial charge >= 0.3 is 5.97 Å². The van der Waals surface area contributed by atoms with Crippen molar-refractivity contribution in [2.45, 2.75) is 26.3 Å². The van der Waals surface area contributed by atoms with Gasteiger partial charge in [-0.3, -0.25) is 9.79 Å². The van der Waals surface area contributed by atoms with Gasteiger partial charge in [-0.25, -0.2) is 0 Å². The molecule has 0 fully saturated rings. The lowest BCUT2D eigenvalue weighted by molar-refractivity contribution is -0.136. The molecule has 0 unspecified atom stereocenters. The number of aryl methyl sites for hydroxylation is 1. The van der Waals surface area contributed by atoms with Crippen molar-refractivity contribution < 1.29 is 9.90 Å². The molecule has 0 aliphatic carbocycles. The molecule has 0 spiro atoms. The predicted molar refractivity (Wildman–Crippen MR) is 119 cm³/mol. The number of anilines is 1. The number of nitrogens with zero attached hydrogens (tertiary/aromatic N) is 1. The Labute approximate surface area is 172 Å². The van der Waals surface area contributed by atoms with E-state index in [-0.39, 0.29) is 6.42 Å². The Morgan fingerprint density at radius 3 is 2.10 bits per heavy atom. The molecular weight excluding hydrogens is 360 g/mol. The van der Waals surface area contributed by atoms with Crippen molar-refractivity contribution >= 4 is 17.4 Å². The van der Waals surface area contributed by atoms with E-state index in [9.17, 15) is 4.79 Å². The highest BCUT2D eigenvalue weighted by Gasteiger charge is 2.06. The summed E-state index contributed by atoms with van der Waals surface area (Å²) in [6.07, 6.45) is 0.714. The summed E-state index contributed by atoms with van der Waals surface area (Å²) in [4.78, 5) is 15.3. The molecule has 0 aromatic heterocycles. The van der Waals surface area contributed by atoms with E-state index in [0.717, 1.165) is 41.2 Å². The maximum atomic E-state index is 10.7. The van der Waals surface area contributed by atoms with Gasteiger partial charge in [0, 0.05) is 36.3 Å². The maximum absolute atomic E-state index is 10.7. The molecule has 2 N–H and O–H groups in total. The van der Waals surface area contributed by atoms with Crippen molar-refractivity contribution in [1.82, 2.24) is 0 Å². The number of rotatable bonds is 9. The summed E-state index contributed by atoms with van der Waals surface area (Å²) in [7, 11) is 0. The lowest BCUT2D eigenvalue weighted by atomic mass is 10.0. The lowest BCUT2D eigenvalue weighted by Gasteiger charge is -2.10. The summed E-state index contributed by atoms with van der Waals surface area (Å²) in [5, 5.41) is 12.2. The topological polar surface area (TPSA) is 61.7 Å². The van der Waals surface area contributed by atoms with Crippen LogP contribution in [0.3, 0.4) is 0 Å². The van der Waals surface area contributed by atoms with Crippen LogP contribution in [0.25, 0.3) is 0 Å². The van der Waals surface area contributed by atoms with Crippen LogP contribution in [0, 0.1) is 0 Å². The summed E-state index contributed by atoms with van der Waals surface area (Å²) < 4.78 is 0. The van der Waals surface area contributed by atoms with Crippen molar-refractivity contribution in [3.63, 3.8) is 0 Å². The van der Waals surface area contributed by atoms with Gasteiger partial charge in [0.25, 0.3) is 0 Å². The summed E-state index contributed by atoms with van der Waals surface area (Å²) >= 11 is 0. The fourth-order valence-electron chi connectivity index (χ4n) is 3.13. The van der Waals surface area contributed by atoms with E-state index >= 15 is 0 Å². The summed E-state index contributed by atoms with van der Waals surface area (Å²) in [6, 6.07) is 26.7. The first kappa shape index (κ1) is 20.3. The lowest BCUT2D eigenvalue weighted by Crippen LogP contribution is -2.05. The number of carbonyl (C=O) groups is 1. The normalized spacial score (nSPS) is 11.3. The molecule has 3 aromatic rings. The second-order valence-corrected chi connectivity index (χ2v) is 6.83. The van der Waals surface area contributed by atoms with Gasteiger partial charge in [-0.1, -0.05) is 66.7 Å². The Bertz CT molecular complexity index is 946. The van der Waals surface area contributed by atoms with Crippen molar-refractivity contribution in [2.24, 2.45) is 4.99 Å². The highest BCUT2D eigenvalue weighted by Crippen LogP contribution is 2.15. The van der Waals surface area contributed by atoms with Crippen molar-refractivity contribution in [3.8, 4) is 0 Å². The van der Waals surface area contributed by atoms with Gasteiger partial charge < -0.3 is 10.4 Å². The number of aliphatic imine (C=N–C) groups is 1. The molecule has 0 bridgehead atoms. The van der Waals surface area contributed by atoms with Gasteiger partial charge in [-0.05, 0) is 36.6 Å². The molecule has 3 aromatic carbocycles. The first-order valence-electron chi connectivity index (χ1n) is 9.89. The first-order chi connectivity index (χ1) is 14.2. The number of benzene rings is 3. The van der Waals surface area contributed by atoms with E-state index in [1.165, 1.54) is 5.56 Å². The third-order valence-corrected chi connectivity index (χ3v) is 4.67. The fraction of sp³-hybridized carbons (Fsp3) is 0.200. The van der Waals surface area contributed by atoms with Crippen LogP contribution in [0.4, 0.5) is 5.69 Å². The highest BCUT2D eigenvalue weighted by molar-refractivity contribution is 6.12. The zero-order valence-corrected chi connectivity index (χ0v) is 16.6. The number of carboxylic acids is 1. The van der Waals surface area contributed by atoms with Crippen molar-refractivity contribution in [3.05, 3.63) is 101 Å². The summed E-state index contributed by atoms with van der Waals surface area (Å²) in [5.41, 5.74) is 6.50. The molecule has 29 heavy (non-hydrogen) atoms. The van der Waals surface area contributed by atoms with E-state index < -0.39 is 5.97 Å². The monoisotopic (exact) mass is 386 g/mol. The Hall–Kier alpha value is -3.40. The Kier molecular flexibility index (Phi) is 7.17. The molecule has 4 heteroatoms. The minimum Gasteiger partial charge on any atom is -0.481 e. The molecule has 0 heterocycles. The molecule has 0 atom stereocenters. The molecule has 0 saturated heterocycles. The minimum atomic E-state index is -0.768. The Morgan fingerprint density at radius 2 is 1.48 bits per heavy atom. The van der Waals surface area contributed by atoms with Crippen LogP contribution < -0.4 is 5.32 Å². The molecule has 148 valence electrons. The van der Waals surface area contributed by atoms with Crippen LogP contribution in [-0.2, 0) is 17.8 Å². The second kappa shape index (κ2) is 10.2. The predicted octanol–water partition coefficient (Wildman–Crippen LogP) is 5.17. The number of hydrogen-bond acceptors (Lipinski definition) is 3. The number of nitrogens with one attached hydrogen (secondary N) is 1. The Morgan fingerprint density at radius 1 is 0.862 bits per heavy atom. The van der Waals surface area contributed by atoms with Gasteiger partial charge in [-0.2, -0.15) is 0 Å². The fourth-order valence-corrected chi connectivity index (χ4v) is 3.13. The van der Waals surface area contributed by atoms with Gasteiger partial charge in [-0.15, -0.1) is 0 Å². The van der Waals surface area contributed by atoms with Crippen LogP contribution >= 0.6 is 0 Å². The van der Waals surface area contributed by atoms with Crippen molar-refractivity contribution in [1.29, 1.82) is 0 Å². The number of hydrogen-bond donors (Lipinski definition) is 2. The quantitative estimate of drug-likeness (QED) is 0.499. The molecule has 0 amide bonds. The standard InChI is InChI=1S/C25H26N2O2/c1-2-26-25(21-6-4-3-5-7-21)22-13-8-20(9-14-22)18-27-23-15-10-19(11-16-23)12-17-24(28)29/h3-11,13-16,27H,2,12,17-18H2,1H3,(H,28,29)/b26-25-. The van der Waals surface area contributed by atoms with E-state index in [4.69, 9.17) is 5.11 Å². The van der Waals surface area contributed by atoms with E-state index in [0.29, 0.717) is 6.42 Å². The molecule has 3 rings (SSSR count). The van der Waals surface area contributed by atoms with E-state index in [1.807, 2.05) is 49.4 Å². The zero-order valence-electron chi connectivity index (χ0n) is 16.6. The van der Waals surface area contributed by atoms with E-state index in [2.05, 4.69) is 46.7 Å². The molecular formula is C25H26N2O2. The number of carboxylic acid groups (broad SMARTS) is 1. The average molecular weight is 386 g/mol. The largest absolute Gasteiger partial charge is 0.481 e. The van der Waals surface area contributed by atoms with Crippen LogP contribution in [0.15, 0.2) is 83.9 Å². The van der Waals surface area contributed by atoms with Crippen LogP contribution in [0.2, 0.25) is 0 Å². The summed E-state index contributed by atoms with van der Waals surface area (Å²) in [6.45, 7) is 3.52. The minimum absolute atomic E-state index is 0.158. The van der Waals surface area contributed by atoms with E-state index in [1.54, 1.807) is 0 Å². The van der Waals surface area contributed by atoms with Crippen LogP contribution in [0.1, 0.15) is 35.6 Å². The van der Waals surface area contributed by atoms with Crippen LogP contribution in [0.5, 0.6) is 0 Å². The molecule has 4 nitrogen and oxygen atoms in total. The van der Waals surface area contributed by atoms with Gasteiger partial charge in [0.2, 0.25) is 0 Å². The molecule has 0 saturated carbocycles. The first-order valence-corrected chi connectivity index (χ1v) is 9.89. The number of aliphatic carboxylic acids is 1. The van der Waals surface area contributed by atoms with Gasteiger partial charge in [0.05, 0.1) is 5.71 Å². The van der Waals surface area contributed by atoms with Crippen LogP contribution in [-0.4, -0.2) is 23.3 Å². The maximum Gasteiger partial charge on any atom is 0.303 e. The molecule has 0 radical (unpaired) electrons. The smallest absolute Gasteiger partial charge is 0.303 e. The third-order valence-electron chi connectivity index (χ3n) is 4.67. The zero-order chi connectivity index (χ0) is 20.5. The van der Waals surface area contributed by atoms with Crippen molar-refractivity contribution in [2.75, 3.05) is 11.9 Å². The second-order valence-electron chi connectivity index (χ2n) is 6.83. The average Bonchev–Trinajstić information content (AvgIpc) is 2.76. The molecule has 0 aliphatic heterocycles. The summed E-state index contributed by atoms with van der Waals surface area (Å²) in [5.74, 6) is -0.768. The SMILES string of the molecule is CC/N=C(/c1ccccc1)c1ccc(CNc2ccc(CCC(=O)O)cc2)cc1. The Balaban J connectivity index is 1.62. The molecule has 0 aliphatic rings. The van der Waals surface area contributed by atoms with Gasteiger partial charge in [0.1, 0.15) is 0 Å². The van der Waals surface area contributed by atoms with Gasteiger partial charge in [0.15, 0.2) is 0 Å².